The van der Waals surface area contributed by atoms with Gasteiger partial charge >= 0.3 is 13.8 Å². The molecule has 0 fully saturated rings. The number of rotatable bonds is 7. The lowest BCUT2D eigenvalue weighted by atomic mass is 10.8. The van der Waals surface area contributed by atoms with Gasteiger partial charge in [-0.05, 0) is 13.8 Å². The Balaban J connectivity index is 4.07. The van der Waals surface area contributed by atoms with E-state index in [2.05, 4.69) is 15.4 Å². The molecule has 0 unspecified atom stereocenters. The smallest absolute Gasteiger partial charge is 0.421 e. The van der Waals surface area contributed by atoms with Gasteiger partial charge in [0.05, 0.1) is 13.2 Å². The Labute approximate surface area is 94.7 Å². The number of terminal acetylenes is 1. The lowest BCUT2D eigenvalue weighted by Crippen LogP contribution is -2.11. The lowest BCUT2D eigenvalue weighted by molar-refractivity contribution is 0.0692. The average Bonchev–Trinajstić information content (AvgIpc) is 2.24. The van der Waals surface area contributed by atoms with Crippen molar-refractivity contribution in [1.82, 2.24) is 0 Å². The van der Waals surface area contributed by atoms with E-state index in [1.807, 2.05) is 0 Å². The minimum Gasteiger partial charge on any atom is -0.421 e. The zero-order valence-electron chi connectivity index (χ0n) is 9.30. The normalized spacial score (nSPS) is 10.6. The van der Waals surface area contributed by atoms with Crippen LogP contribution in [-0.2, 0) is 23.1 Å². The van der Waals surface area contributed by atoms with Crippen molar-refractivity contribution in [3.63, 3.8) is 0 Å². The SMILES string of the molecule is C#CCOC(=O)OCP(=O)(OCC)OCC. The van der Waals surface area contributed by atoms with Gasteiger partial charge in [0.1, 0.15) is 0 Å². The highest BCUT2D eigenvalue weighted by atomic mass is 31.2. The Bertz CT molecular complexity index is 285. The molecule has 16 heavy (non-hydrogen) atoms. The molecule has 6 nitrogen and oxygen atoms in total. The third-order valence-corrected chi connectivity index (χ3v) is 3.01. The predicted octanol–water partition coefficient (Wildman–Crippen LogP) is 2.00. The summed E-state index contributed by atoms with van der Waals surface area (Å²) in [6, 6.07) is 0. The van der Waals surface area contributed by atoms with Crippen LogP contribution in [-0.4, -0.2) is 32.3 Å². The topological polar surface area (TPSA) is 71.1 Å². The summed E-state index contributed by atoms with van der Waals surface area (Å²) in [5.74, 6) is 2.09. The number of carbonyl (C=O) groups excluding carboxylic acids is 1. The van der Waals surface area contributed by atoms with E-state index in [0.717, 1.165) is 0 Å². The summed E-state index contributed by atoms with van der Waals surface area (Å²) in [5, 5.41) is 0. The molecule has 0 aliphatic heterocycles. The monoisotopic (exact) mass is 250 g/mol. The van der Waals surface area contributed by atoms with Gasteiger partial charge < -0.3 is 18.5 Å². The molecular formula is C9H15O6P. The highest BCUT2D eigenvalue weighted by Crippen LogP contribution is 2.47. The highest BCUT2D eigenvalue weighted by molar-refractivity contribution is 7.53. The molecule has 0 saturated heterocycles. The molecule has 0 saturated carbocycles. The van der Waals surface area contributed by atoms with E-state index in [0.29, 0.717) is 0 Å². The number of hydrogen-bond donors (Lipinski definition) is 0. The summed E-state index contributed by atoms with van der Waals surface area (Å²) in [7, 11) is -3.38. The second-order valence-corrected chi connectivity index (χ2v) is 4.46. The van der Waals surface area contributed by atoms with Crippen LogP contribution in [0.2, 0.25) is 0 Å². The first kappa shape index (κ1) is 15.0. The van der Waals surface area contributed by atoms with Crippen molar-refractivity contribution in [3.05, 3.63) is 0 Å². The summed E-state index contributed by atoms with van der Waals surface area (Å²) in [5.41, 5.74) is 0. The van der Waals surface area contributed by atoms with Gasteiger partial charge in [-0.15, -0.1) is 6.42 Å². The van der Waals surface area contributed by atoms with Gasteiger partial charge in [-0.1, -0.05) is 5.92 Å². The van der Waals surface area contributed by atoms with Crippen molar-refractivity contribution in [3.8, 4) is 12.3 Å². The Morgan fingerprint density at radius 1 is 1.25 bits per heavy atom. The molecule has 0 aromatic rings. The third kappa shape index (κ3) is 6.46. The number of hydrogen-bond acceptors (Lipinski definition) is 6. The molecular weight excluding hydrogens is 235 g/mol. The summed E-state index contributed by atoms with van der Waals surface area (Å²) in [6.07, 6.45) is 3.38. The number of carbonyl (C=O) groups is 1. The lowest BCUT2D eigenvalue weighted by Gasteiger charge is -2.16. The third-order valence-electron chi connectivity index (χ3n) is 1.27. The van der Waals surface area contributed by atoms with Crippen LogP contribution in [0.15, 0.2) is 0 Å². The van der Waals surface area contributed by atoms with Crippen molar-refractivity contribution in [2.24, 2.45) is 0 Å². The molecule has 0 spiro atoms. The van der Waals surface area contributed by atoms with E-state index in [1.165, 1.54) is 0 Å². The maximum Gasteiger partial charge on any atom is 0.509 e. The summed E-state index contributed by atoms with van der Waals surface area (Å²) < 4.78 is 30.5. The molecule has 0 amide bonds. The first-order valence-corrected chi connectivity index (χ1v) is 6.42. The van der Waals surface area contributed by atoms with Crippen LogP contribution < -0.4 is 0 Å². The highest BCUT2D eigenvalue weighted by Gasteiger charge is 2.26. The molecule has 0 N–H and O–H groups in total. The predicted molar refractivity (Wildman–Crippen MR) is 57.0 cm³/mol. The van der Waals surface area contributed by atoms with Crippen molar-refractivity contribution in [2.45, 2.75) is 13.8 Å². The fourth-order valence-electron chi connectivity index (χ4n) is 0.779. The molecule has 0 rings (SSSR count). The van der Waals surface area contributed by atoms with Crippen molar-refractivity contribution >= 4 is 13.8 Å². The van der Waals surface area contributed by atoms with Crippen LogP contribution in [0.1, 0.15) is 13.8 Å². The maximum absolute atomic E-state index is 11.8. The summed E-state index contributed by atoms with van der Waals surface area (Å²) in [6.45, 7) is 3.50. The van der Waals surface area contributed by atoms with Gasteiger partial charge in [0.25, 0.3) is 0 Å². The molecule has 92 valence electrons. The van der Waals surface area contributed by atoms with Gasteiger partial charge in [-0.2, -0.15) is 0 Å². The maximum atomic E-state index is 11.8. The zero-order valence-corrected chi connectivity index (χ0v) is 10.2. The van der Waals surface area contributed by atoms with Crippen molar-refractivity contribution in [1.29, 1.82) is 0 Å². The van der Waals surface area contributed by atoms with Crippen LogP contribution >= 0.6 is 7.60 Å². The van der Waals surface area contributed by atoms with E-state index in [9.17, 15) is 9.36 Å². The quantitative estimate of drug-likeness (QED) is 0.391. The van der Waals surface area contributed by atoms with Crippen LogP contribution in [0.5, 0.6) is 0 Å². The van der Waals surface area contributed by atoms with Crippen LogP contribution in [0.25, 0.3) is 0 Å². The Kier molecular flexibility index (Phi) is 7.65. The van der Waals surface area contributed by atoms with Crippen molar-refractivity contribution in [2.75, 3.05) is 26.2 Å². The van der Waals surface area contributed by atoms with Gasteiger partial charge in [0, 0.05) is 0 Å². The fraction of sp³-hybridized carbons (Fsp3) is 0.667. The molecule has 0 radical (unpaired) electrons. The fourth-order valence-corrected chi connectivity index (χ4v) is 2.05. The zero-order chi connectivity index (χ0) is 12.4. The first-order valence-electron chi connectivity index (χ1n) is 4.69. The first-order chi connectivity index (χ1) is 7.58. The molecule has 0 bridgehead atoms. The van der Waals surface area contributed by atoms with E-state index in [1.54, 1.807) is 13.8 Å². The van der Waals surface area contributed by atoms with Gasteiger partial charge in [0.2, 0.25) is 0 Å². The minimum absolute atomic E-state index is 0.194. The van der Waals surface area contributed by atoms with Crippen LogP contribution in [0, 0.1) is 12.3 Å². The van der Waals surface area contributed by atoms with E-state index in [4.69, 9.17) is 15.5 Å². The van der Waals surface area contributed by atoms with Crippen LogP contribution in [0.4, 0.5) is 4.79 Å². The molecule has 0 heterocycles. The molecule has 0 aliphatic rings. The van der Waals surface area contributed by atoms with E-state index < -0.39 is 20.1 Å². The molecule has 0 aromatic carbocycles. The second kappa shape index (κ2) is 8.17. The molecule has 0 aromatic heterocycles. The largest absolute Gasteiger partial charge is 0.509 e. The molecule has 7 heteroatoms. The summed E-state index contributed by atoms with van der Waals surface area (Å²) in [4.78, 5) is 10.9. The van der Waals surface area contributed by atoms with Crippen molar-refractivity contribution < 1.29 is 27.9 Å². The van der Waals surface area contributed by atoms with Gasteiger partial charge in [0.15, 0.2) is 13.0 Å². The number of ether oxygens (including phenoxy) is 2. The Morgan fingerprint density at radius 2 is 1.81 bits per heavy atom. The molecule has 0 atom stereocenters. The standard InChI is InChI=1S/C9H15O6P/c1-4-7-12-9(10)13-8-16(11,14-5-2)15-6-3/h1H,5-8H2,2-3H3. The van der Waals surface area contributed by atoms with Gasteiger partial charge in [-0.25, -0.2) is 4.79 Å². The minimum atomic E-state index is -3.38. The van der Waals surface area contributed by atoms with E-state index >= 15 is 0 Å². The van der Waals surface area contributed by atoms with Gasteiger partial charge in [-0.3, -0.25) is 4.57 Å². The summed E-state index contributed by atoms with van der Waals surface area (Å²) >= 11 is 0. The Hall–Kier alpha value is -1.02. The average molecular weight is 250 g/mol. The Morgan fingerprint density at radius 3 is 2.25 bits per heavy atom. The van der Waals surface area contributed by atoms with Crippen LogP contribution in [0.3, 0.4) is 0 Å². The van der Waals surface area contributed by atoms with E-state index in [-0.39, 0.29) is 19.8 Å². The second-order valence-electron chi connectivity index (χ2n) is 2.46. The molecule has 0 aliphatic carbocycles.